The van der Waals surface area contributed by atoms with E-state index in [1.807, 2.05) is 43.6 Å². The molecule has 0 radical (unpaired) electrons. The standard InChI is InChI=1S/C23H30N8O2/c1-25-13-18(32)14-33-19-5-3-4-15(10-19)21-28-22(26-12-17-8-9-31(2)30-17)20(11-24)23(29-21)27-16-6-7-16/h3-5,8-11,16,18,24-25,32H,6-7,12-14H2,1-2H3,(H2,26,27,28,29). The van der Waals surface area contributed by atoms with Crippen LogP contribution in [0.1, 0.15) is 24.1 Å². The number of aryl methyl sites for hydroxylation is 1. The number of aromatic nitrogens is 4. The van der Waals surface area contributed by atoms with Gasteiger partial charge in [-0.25, -0.2) is 9.97 Å². The second-order valence-electron chi connectivity index (χ2n) is 8.11. The van der Waals surface area contributed by atoms with Crippen LogP contribution in [0.5, 0.6) is 5.75 Å². The summed E-state index contributed by atoms with van der Waals surface area (Å²) in [7, 11) is 3.66. The van der Waals surface area contributed by atoms with Crippen LogP contribution in [0, 0.1) is 5.41 Å². The predicted octanol–water partition coefficient (Wildman–Crippen LogP) is 2.02. The summed E-state index contributed by atoms with van der Waals surface area (Å²) < 4.78 is 7.50. The highest BCUT2D eigenvalue weighted by atomic mass is 16.5. The van der Waals surface area contributed by atoms with E-state index in [4.69, 9.17) is 20.1 Å². The molecule has 1 saturated carbocycles. The number of benzene rings is 1. The molecule has 2 aromatic heterocycles. The van der Waals surface area contributed by atoms with Crippen molar-refractivity contribution in [1.29, 1.82) is 5.41 Å². The average molecular weight is 451 g/mol. The molecule has 0 spiro atoms. The second kappa shape index (κ2) is 10.4. The van der Waals surface area contributed by atoms with E-state index in [9.17, 15) is 5.11 Å². The van der Waals surface area contributed by atoms with Gasteiger partial charge < -0.3 is 31.2 Å². The molecule has 10 heteroatoms. The molecule has 0 amide bonds. The lowest BCUT2D eigenvalue weighted by Gasteiger charge is -2.16. The lowest BCUT2D eigenvalue weighted by Crippen LogP contribution is -2.29. The van der Waals surface area contributed by atoms with Crippen molar-refractivity contribution in [3.05, 3.63) is 47.8 Å². The Hall–Kier alpha value is -3.50. The van der Waals surface area contributed by atoms with Crippen molar-refractivity contribution < 1.29 is 9.84 Å². The van der Waals surface area contributed by atoms with Gasteiger partial charge in [0.2, 0.25) is 0 Å². The molecule has 1 fully saturated rings. The van der Waals surface area contributed by atoms with E-state index in [0.717, 1.165) is 24.1 Å². The van der Waals surface area contributed by atoms with Gasteiger partial charge in [-0.3, -0.25) is 4.68 Å². The molecular weight excluding hydrogens is 420 g/mol. The molecule has 33 heavy (non-hydrogen) atoms. The first kappa shape index (κ1) is 22.7. The number of aliphatic hydroxyl groups excluding tert-OH is 1. The number of hydrogen-bond acceptors (Lipinski definition) is 9. The maximum atomic E-state index is 9.92. The molecule has 0 saturated heterocycles. The van der Waals surface area contributed by atoms with Crippen LogP contribution in [0.25, 0.3) is 11.4 Å². The van der Waals surface area contributed by atoms with Crippen molar-refractivity contribution in [3.63, 3.8) is 0 Å². The molecule has 1 atom stereocenters. The van der Waals surface area contributed by atoms with E-state index in [0.29, 0.717) is 47.9 Å². The van der Waals surface area contributed by atoms with Gasteiger partial charge in [-0.1, -0.05) is 12.1 Å². The zero-order chi connectivity index (χ0) is 23.2. The summed E-state index contributed by atoms with van der Waals surface area (Å²) in [6, 6.07) is 9.79. The molecule has 5 N–H and O–H groups in total. The third-order valence-electron chi connectivity index (χ3n) is 5.19. The fourth-order valence-corrected chi connectivity index (χ4v) is 3.34. The molecule has 4 rings (SSSR count). The first-order valence-electron chi connectivity index (χ1n) is 11.0. The van der Waals surface area contributed by atoms with Crippen molar-refractivity contribution >= 4 is 17.9 Å². The van der Waals surface area contributed by atoms with Gasteiger partial charge in [0.15, 0.2) is 5.82 Å². The third-order valence-corrected chi connectivity index (χ3v) is 5.19. The number of rotatable bonds is 12. The Morgan fingerprint density at radius 3 is 2.79 bits per heavy atom. The van der Waals surface area contributed by atoms with Crippen LogP contribution in [0.4, 0.5) is 11.6 Å². The van der Waals surface area contributed by atoms with Crippen molar-refractivity contribution in [2.24, 2.45) is 7.05 Å². The summed E-state index contributed by atoms with van der Waals surface area (Å²) in [6.45, 7) is 1.12. The Balaban J connectivity index is 1.61. The fourth-order valence-electron chi connectivity index (χ4n) is 3.34. The van der Waals surface area contributed by atoms with Crippen LogP contribution in [-0.4, -0.2) is 63.4 Å². The molecule has 3 aromatic rings. The summed E-state index contributed by atoms with van der Waals surface area (Å²) in [5, 5.41) is 31.9. The normalized spacial score (nSPS) is 14.0. The van der Waals surface area contributed by atoms with Crippen molar-refractivity contribution in [2.45, 2.75) is 31.5 Å². The van der Waals surface area contributed by atoms with E-state index < -0.39 is 6.10 Å². The zero-order valence-electron chi connectivity index (χ0n) is 18.9. The van der Waals surface area contributed by atoms with Crippen LogP contribution in [0.15, 0.2) is 36.5 Å². The van der Waals surface area contributed by atoms with Gasteiger partial charge in [0.1, 0.15) is 30.1 Å². The number of nitrogens with zero attached hydrogens (tertiary/aromatic N) is 4. The van der Waals surface area contributed by atoms with E-state index in [1.54, 1.807) is 11.7 Å². The summed E-state index contributed by atoms with van der Waals surface area (Å²) in [5.74, 6) is 2.35. The molecule has 0 bridgehead atoms. The minimum absolute atomic E-state index is 0.184. The van der Waals surface area contributed by atoms with Gasteiger partial charge in [0, 0.05) is 37.6 Å². The van der Waals surface area contributed by atoms with E-state index in [-0.39, 0.29) is 6.61 Å². The van der Waals surface area contributed by atoms with Gasteiger partial charge in [-0.05, 0) is 38.1 Å². The molecule has 10 nitrogen and oxygen atoms in total. The number of ether oxygens (including phenoxy) is 1. The number of anilines is 2. The molecule has 174 valence electrons. The van der Waals surface area contributed by atoms with Crippen LogP contribution in [0.2, 0.25) is 0 Å². The quantitative estimate of drug-likeness (QED) is 0.265. The summed E-state index contributed by atoms with van der Waals surface area (Å²) in [5.41, 5.74) is 2.27. The maximum absolute atomic E-state index is 9.92. The first-order valence-corrected chi connectivity index (χ1v) is 11.0. The summed E-state index contributed by atoms with van der Waals surface area (Å²) in [6.07, 6.45) is 4.74. The van der Waals surface area contributed by atoms with Gasteiger partial charge in [0.05, 0.1) is 17.8 Å². The number of likely N-dealkylation sites (N-methyl/N-ethyl adjacent to an activating group) is 1. The highest BCUT2D eigenvalue weighted by Gasteiger charge is 2.24. The summed E-state index contributed by atoms with van der Waals surface area (Å²) >= 11 is 0. The van der Waals surface area contributed by atoms with Crippen molar-refractivity contribution in [1.82, 2.24) is 25.1 Å². The molecule has 1 aromatic carbocycles. The Morgan fingerprint density at radius 2 is 2.09 bits per heavy atom. The predicted molar refractivity (Wildman–Crippen MR) is 128 cm³/mol. The minimum Gasteiger partial charge on any atom is -0.491 e. The van der Waals surface area contributed by atoms with Crippen molar-refractivity contribution in [2.75, 3.05) is 30.8 Å². The molecule has 1 aliphatic carbocycles. The summed E-state index contributed by atoms with van der Waals surface area (Å²) in [4.78, 5) is 9.46. The smallest absolute Gasteiger partial charge is 0.164 e. The lowest BCUT2D eigenvalue weighted by molar-refractivity contribution is 0.108. The number of aliphatic hydroxyl groups is 1. The number of hydrogen-bond donors (Lipinski definition) is 5. The SMILES string of the molecule is CNCC(O)COc1cccc(-c2nc(NCc3ccn(C)n3)c(C=N)c(NC3CC3)n2)c1. The third kappa shape index (κ3) is 6.05. The van der Waals surface area contributed by atoms with E-state index in [1.165, 1.54) is 6.21 Å². The Labute approximate surface area is 192 Å². The van der Waals surface area contributed by atoms with Gasteiger partial charge >= 0.3 is 0 Å². The average Bonchev–Trinajstić information content (AvgIpc) is 3.54. The Morgan fingerprint density at radius 1 is 1.27 bits per heavy atom. The van der Waals surface area contributed by atoms with Gasteiger partial charge in [-0.15, -0.1) is 0 Å². The molecule has 1 aliphatic rings. The first-order chi connectivity index (χ1) is 16.1. The maximum Gasteiger partial charge on any atom is 0.164 e. The van der Waals surface area contributed by atoms with Crippen LogP contribution >= 0.6 is 0 Å². The molecule has 1 unspecified atom stereocenters. The van der Waals surface area contributed by atoms with E-state index in [2.05, 4.69) is 21.0 Å². The topological polar surface area (TPSA) is 133 Å². The second-order valence-corrected chi connectivity index (χ2v) is 8.11. The van der Waals surface area contributed by atoms with Crippen molar-refractivity contribution in [3.8, 4) is 17.1 Å². The molecule has 2 heterocycles. The van der Waals surface area contributed by atoms with Crippen LogP contribution in [-0.2, 0) is 13.6 Å². The zero-order valence-corrected chi connectivity index (χ0v) is 18.9. The lowest BCUT2D eigenvalue weighted by atomic mass is 10.2. The molecular formula is C23H30N8O2. The monoisotopic (exact) mass is 450 g/mol. The largest absolute Gasteiger partial charge is 0.491 e. The van der Waals surface area contributed by atoms with E-state index >= 15 is 0 Å². The molecule has 0 aliphatic heterocycles. The highest BCUT2D eigenvalue weighted by Crippen LogP contribution is 2.31. The fraction of sp³-hybridized carbons (Fsp3) is 0.391. The Kier molecular flexibility index (Phi) is 7.16. The minimum atomic E-state index is -0.599. The van der Waals surface area contributed by atoms with Gasteiger partial charge in [0.25, 0.3) is 0 Å². The van der Waals surface area contributed by atoms with Gasteiger partial charge in [-0.2, -0.15) is 5.10 Å². The van der Waals surface area contributed by atoms with Crippen LogP contribution < -0.4 is 20.7 Å². The highest BCUT2D eigenvalue weighted by molar-refractivity contribution is 5.91. The Bertz CT molecular complexity index is 1100. The number of nitrogens with one attached hydrogen (secondary N) is 4. The van der Waals surface area contributed by atoms with Crippen LogP contribution in [0.3, 0.4) is 0 Å².